The van der Waals surface area contributed by atoms with Crippen LogP contribution in [0.2, 0.25) is 0 Å². The van der Waals surface area contributed by atoms with Crippen molar-refractivity contribution in [2.75, 3.05) is 11.5 Å². The summed E-state index contributed by atoms with van der Waals surface area (Å²) < 4.78 is 15.1. The van der Waals surface area contributed by atoms with Gasteiger partial charge in [-0.05, 0) is 73.9 Å². The molecular formula is C37H39N3OS. The van der Waals surface area contributed by atoms with Gasteiger partial charge in [-0.25, -0.2) is 0 Å². The highest BCUT2D eigenvalue weighted by molar-refractivity contribution is 7.00. The predicted octanol–water partition coefficient (Wildman–Crippen LogP) is 11.0. The summed E-state index contributed by atoms with van der Waals surface area (Å²) in [6, 6.07) is 30.0. The fraction of sp³-hybridized carbons (Fsp3) is 0.243. The fourth-order valence-electron chi connectivity index (χ4n) is 4.89. The van der Waals surface area contributed by atoms with Crippen LogP contribution in [-0.2, 0) is 0 Å². The Morgan fingerprint density at radius 2 is 1.26 bits per heavy atom. The molecule has 5 rings (SSSR count). The molecule has 0 unspecified atom stereocenters. The van der Waals surface area contributed by atoms with Crippen LogP contribution in [0.25, 0.3) is 29.3 Å². The number of anilines is 3. The molecule has 0 aliphatic heterocycles. The molecule has 1 heterocycles. The van der Waals surface area contributed by atoms with Crippen molar-refractivity contribution >= 4 is 58.1 Å². The first-order valence-electron chi connectivity index (χ1n) is 15.0. The Hall–Kier alpha value is -4.22. The molecule has 0 aliphatic rings. The number of nitrogens with zero attached hydrogens (tertiary/aromatic N) is 3. The van der Waals surface area contributed by atoms with Gasteiger partial charge in [0.25, 0.3) is 0 Å². The molecule has 1 aromatic heterocycles. The lowest BCUT2D eigenvalue weighted by Gasteiger charge is -2.26. The van der Waals surface area contributed by atoms with E-state index < -0.39 is 0 Å². The van der Waals surface area contributed by atoms with Crippen LogP contribution in [0.15, 0.2) is 91.0 Å². The topological polar surface area (TPSA) is 38.2 Å². The van der Waals surface area contributed by atoms with E-state index in [-0.39, 0.29) is 0 Å². The van der Waals surface area contributed by atoms with E-state index >= 15 is 0 Å². The van der Waals surface area contributed by atoms with Crippen LogP contribution in [0.4, 0.5) is 17.1 Å². The molecule has 214 valence electrons. The van der Waals surface area contributed by atoms with Crippen LogP contribution in [-0.4, -0.2) is 15.4 Å². The molecule has 5 aromatic rings. The zero-order chi connectivity index (χ0) is 29.1. The zero-order valence-electron chi connectivity index (χ0n) is 24.8. The zero-order valence-corrected chi connectivity index (χ0v) is 25.6. The molecule has 0 aliphatic carbocycles. The number of ether oxygens (including phenoxy) is 1. The van der Waals surface area contributed by atoms with E-state index in [0.29, 0.717) is 0 Å². The molecule has 0 N–H and O–H groups in total. The van der Waals surface area contributed by atoms with E-state index in [4.69, 9.17) is 4.74 Å². The third-order valence-electron chi connectivity index (χ3n) is 7.27. The summed E-state index contributed by atoms with van der Waals surface area (Å²) in [5.74, 6) is 0.915. The number of fused-ring (bicyclic) bond motifs is 1. The van der Waals surface area contributed by atoms with Crippen molar-refractivity contribution < 1.29 is 4.74 Å². The minimum absolute atomic E-state index is 0.764. The largest absolute Gasteiger partial charge is 0.494 e. The quantitative estimate of drug-likeness (QED) is 0.104. The lowest BCUT2D eigenvalue weighted by atomic mass is 10.1. The summed E-state index contributed by atoms with van der Waals surface area (Å²) in [4.78, 5) is 2.28. The number of aryl methyl sites for hydroxylation is 1. The van der Waals surface area contributed by atoms with Crippen molar-refractivity contribution in [3.63, 3.8) is 0 Å². The first kappa shape index (κ1) is 29.3. The van der Waals surface area contributed by atoms with Gasteiger partial charge in [-0.1, -0.05) is 99.4 Å². The highest BCUT2D eigenvalue weighted by atomic mass is 32.1. The number of benzene rings is 4. The Balaban J connectivity index is 1.36. The molecule has 0 fully saturated rings. The number of hydrogen-bond acceptors (Lipinski definition) is 5. The van der Waals surface area contributed by atoms with Crippen LogP contribution in [0.3, 0.4) is 0 Å². The molecule has 0 bridgehead atoms. The van der Waals surface area contributed by atoms with Crippen molar-refractivity contribution in [1.82, 2.24) is 8.75 Å². The molecule has 0 saturated carbocycles. The highest BCUT2D eigenvalue weighted by Gasteiger charge is 2.13. The van der Waals surface area contributed by atoms with Crippen molar-refractivity contribution in [3.05, 3.63) is 113 Å². The van der Waals surface area contributed by atoms with E-state index in [1.165, 1.54) is 36.6 Å². The summed E-state index contributed by atoms with van der Waals surface area (Å²) >= 11 is 1.26. The monoisotopic (exact) mass is 573 g/mol. The maximum atomic E-state index is 6.00. The van der Waals surface area contributed by atoms with Gasteiger partial charge in [-0.3, -0.25) is 0 Å². The number of rotatable bonds is 13. The molecule has 4 nitrogen and oxygen atoms in total. The molecule has 0 atom stereocenters. The van der Waals surface area contributed by atoms with Gasteiger partial charge in [0.15, 0.2) is 0 Å². The maximum Gasteiger partial charge on any atom is 0.119 e. The van der Waals surface area contributed by atoms with E-state index in [0.717, 1.165) is 70.0 Å². The van der Waals surface area contributed by atoms with E-state index in [1.54, 1.807) is 0 Å². The van der Waals surface area contributed by atoms with Gasteiger partial charge in [-0.2, -0.15) is 8.75 Å². The standard InChI is InChI=1S/C37H39N3OS/c1-4-6-8-9-27-41-35-25-23-34(24-26-35)40(32-19-11-28(3)12-20-32)33-21-14-29(15-22-33)13-16-31-18-17-30(10-7-5-2)36-37(31)39-42-38-36/h7,10-26H,4-6,8-9,27H2,1-3H3/b10-7-,16-13-. The van der Waals surface area contributed by atoms with Crippen molar-refractivity contribution in [2.45, 2.75) is 52.9 Å². The lowest BCUT2D eigenvalue weighted by Crippen LogP contribution is -2.10. The number of allylic oxidation sites excluding steroid dienone is 1. The summed E-state index contributed by atoms with van der Waals surface area (Å²) in [7, 11) is 0. The third kappa shape index (κ3) is 7.34. The van der Waals surface area contributed by atoms with Crippen LogP contribution in [0.5, 0.6) is 5.75 Å². The first-order valence-corrected chi connectivity index (χ1v) is 15.7. The number of aromatic nitrogens is 2. The van der Waals surface area contributed by atoms with Crippen molar-refractivity contribution in [3.8, 4) is 5.75 Å². The minimum Gasteiger partial charge on any atom is -0.494 e. The molecule has 0 radical (unpaired) electrons. The van der Waals surface area contributed by atoms with Gasteiger partial charge in [0.1, 0.15) is 16.8 Å². The second-order valence-corrected chi connectivity index (χ2v) is 11.0. The molecule has 0 spiro atoms. The first-order chi connectivity index (χ1) is 20.7. The Kier molecular flexibility index (Phi) is 10.2. The summed E-state index contributed by atoms with van der Waals surface area (Å²) in [6.07, 6.45) is 14.4. The Morgan fingerprint density at radius 1 is 0.667 bits per heavy atom. The average molecular weight is 574 g/mol. The number of unbranched alkanes of at least 4 members (excludes halogenated alkanes) is 3. The lowest BCUT2D eigenvalue weighted by molar-refractivity contribution is 0.305. The Labute approximate surface area is 254 Å². The predicted molar refractivity (Wildman–Crippen MR) is 181 cm³/mol. The van der Waals surface area contributed by atoms with Gasteiger partial charge < -0.3 is 9.64 Å². The second-order valence-electron chi connectivity index (χ2n) is 10.5. The summed E-state index contributed by atoms with van der Waals surface area (Å²) in [5.41, 5.74) is 9.78. The van der Waals surface area contributed by atoms with E-state index in [1.807, 2.05) is 0 Å². The highest BCUT2D eigenvalue weighted by Crippen LogP contribution is 2.36. The molecule has 42 heavy (non-hydrogen) atoms. The van der Waals surface area contributed by atoms with Gasteiger partial charge >= 0.3 is 0 Å². The second kappa shape index (κ2) is 14.6. The van der Waals surface area contributed by atoms with Gasteiger partial charge in [-0.15, -0.1) is 0 Å². The molecular weight excluding hydrogens is 534 g/mol. The van der Waals surface area contributed by atoms with Crippen molar-refractivity contribution in [1.29, 1.82) is 0 Å². The SMILES string of the molecule is CC/C=C\c1ccc(/C=C\c2ccc(N(c3ccc(C)cc3)c3ccc(OCCCCCC)cc3)cc2)c2nsnc12. The third-order valence-corrected chi connectivity index (χ3v) is 7.80. The van der Waals surface area contributed by atoms with Crippen molar-refractivity contribution in [2.24, 2.45) is 0 Å². The maximum absolute atomic E-state index is 6.00. The van der Waals surface area contributed by atoms with Crippen LogP contribution in [0, 0.1) is 6.92 Å². The summed E-state index contributed by atoms with van der Waals surface area (Å²) in [6.45, 7) is 7.25. The van der Waals surface area contributed by atoms with Gasteiger partial charge in [0.2, 0.25) is 0 Å². The van der Waals surface area contributed by atoms with E-state index in [9.17, 15) is 0 Å². The summed E-state index contributed by atoms with van der Waals surface area (Å²) in [5, 5.41) is 0. The average Bonchev–Trinajstić information content (AvgIpc) is 3.52. The van der Waals surface area contributed by atoms with Crippen LogP contribution in [0.1, 0.15) is 68.2 Å². The molecule has 4 aromatic carbocycles. The minimum atomic E-state index is 0.764. The Morgan fingerprint density at radius 3 is 1.88 bits per heavy atom. The number of hydrogen-bond donors (Lipinski definition) is 0. The smallest absolute Gasteiger partial charge is 0.119 e. The molecule has 0 saturated heterocycles. The fourth-order valence-corrected chi connectivity index (χ4v) is 5.48. The van der Waals surface area contributed by atoms with Crippen LogP contribution >= 0.6 is 11.7 Å². The van der Waals surface area contributed by atoms with Gasteiger partial charge in [0, 0.05) is 28.2 Å². The van der Waals surface area contributed by atoms with Crippen LogP contribution < -0.4 is 9.64 Å². The van der Waals surface area contributed by atoms with E-state index in [2.05, 4.69) is 144 Å². The molecule has 0 amide bonds. The Bertz CT molecular complexity index is 1620. The normalized spacial score (nSPS) is 11.6. The molecule has 5 heteroatoms. The van der Waals surface area contributed by atoms with Gasteiger partial charge in [0.05, 0.1) is 18.3 Å².